The smallest absolute Gasteiger partial charge is 0.231 e. The molecular formula is C18H17ClN4OS. The molecule has 5 nitrogen and oxygen atoms in total. The van der Waals surface area contributed by atoms with Crippen molar-refractivity contribution in [3.8, 4) is 22.3 Å². The first-order valence-electron chi connectivity index (χ1n) is 7.65. The summed E-state index contributed by atoms with van der Waals surface area (Å²) in [6, 6.07) is 3.84. The lowest BCUT2D eigenvalue weighted by atomic mass is 9.93. The zero-order valence-corrected chi connectivity index (χ0v) is 15.7. The lowest BCUT2D eigenvalue weighted by molar-refractivity contribution is -0.129. The summed E-state index contributed by atoms with van der Waals surface area (Å²) < 4.78 is 0. The molecule has 0 bridgehead atoms. The van der Waals surface area contributed by atoms with Crippen LogP contribution in [-0.2, 0) is 10.3 Å². The van der Waals surface area contributed by atoms with E-state index >= 15 is 0 Å². The van der Waals surface area contributed by atoms with Crippen molar-refractivity contribution in [3.05, 3.63) is 40.0 Å². The van der Waals surface area contributed by atoms with Crippen LogP contribution in [0.15, 0.2) is 24.5 Å². The first kappa shape index (κ1) is 17.5. The summed E-state index contributed by atoms with van der Waals surface area (Å²) in [5.41, 5.74) is 1.07. The van der Waals surface area contributed by atoms with Crippen molar-refractivity contribution in [2.45, 2.75) is 25.8 Å². The molecule has 3 rings (SSSR count). The van der Waals surface area contributed by atoms with Crippen LogP contribution in [0.1, 0.15) is 30.7 Å². The number of carbonyl (C=O) groups excluding carboxylic acids is 1. The summed E-state index contributed by atoms with van der Waals surface area (Å²) in [4.78, 5) is 19.5. The maximum Gasteiger partial charge on any atom is 0.231 e. The minimum atomic E-state index is -0.699. The Morgan fingerprint density at radius 3 is 2.88 bits per heavy atom. The lowest BCUT2D eigenvalue weighted by Crippen LogP contribution is -2.57. The van der Waals surface area contributed by atoms with Gasteiger partial charge in [-0.25, -0.2) is 0 Å². The molecule has 0 spiro atoms. The van der Waals surface area contributed by atoms with Gasteiger partial charge in [0.05, 0.1) is 17.0 Å². The molecule has 25 heavy (non-hydrogen) atoms. The van der Waals surface area contributed by atoms with Crippen LogP contribution >= 0.6 is 22.9 Å². The van der Waals surface area contributed by atoms with E-state index in [1.807, 2.05) is 19.1 Å². The molecule has 2 aromatic heterocycles. The van der Waals surface area contributed by atoms with E-state index in [-0.39, 0.29) is 18.3 Å². The molecule has 1 saturated heterocycles. The summed E-state index contributed by atoms with van der Waals surface area (Å²) in [6.07, 6.45) is 3.73. The van der Waals surface area contributed by atoms with E-state index in [4.69, 9.17) is 17.0 Å². The van der Waals surface area contributed by atoms with Crippen molar-refractivity contribution in [3.63, 3.8) is 0 Å². The molecule has 2 N–H and O–H groups in total. The Morgan fingerprint density at radius 1 is 1.44 bits per heavy atom. The third-order valence-corrected chi connectivity index (χ3v) is 5.95. The van der Waals surface area contributed by atoms with Crippen LogP contribution in [0.4, 0.5) is 0 Å². The number of hydrogen-bond donors (Lipinski definition) is 2. The molecule has 0 aromatic carbocycles. The van der Waals surface area contributed by atoms with Gasteiger partial charge in [0, 0.05) is 40.3 Å². The third kappa shape index (κ3) is 3.26. The van der Waals surface area contributed by atoms with E-state index in [9.17, 15) is 4.79 Å². The van der Waals surface area contributed by atoms with E-state index in [2.05, 4.69) is 22.1 Å². The van der Waals surface area contributed by atoms with Crippen molar-refractivity contribution >= 4 is 34.8 Å². The standard InChI is InChI=1S/C18H17ClN4OS/c1-4-5-11-6-12(10-21-9-11)14-7-13(19)16(25-14)18(2)8-15(24)23(3)17(20)22-18/h6-7,9-10H,8H2,1-3H3,(H2,20,22). The van der Waals surface area contributed by atoms with Crippen LogP contribution in [0.3, 0.4) is 0 Å². The van der Waals surface area contributed by atoms with Gasteiger partial charge in [-0.2, -0.15) is 0 Å². The first-order valence-corrected chi connectivity index (χ1v) is 8.85. The van der Waals surface area contributed by atoms with E-state index in [0.29, 0.717) is 5.02 Å². The summed E-state index contributed by atoms with van der Waals surface area (Å²) >= 11 is 7.98. The number of rotatable bonds is 2. The Morgan fingerprint density at radius 2 is 2.20 bits per heavy atom. The molecule has 1 aliphatic rings. The summed E-state index contributed by atoms with van der Waals surface area (Å²) in [7, 11) is 1.59. The largest absolute Gasteiger partial charge is 0.345 e. The molecule has 2 aromatic rings. The number of guanidine groups is 1. The second-order valence-electron chi connectivity index (χ2n) is 6.06. The molecule has 3 heterocycles. The average molecular weight is 373 g/mol. The maximum absolute atomic E-state index is 12.2. The molecule has 1 unspecified atom stereocenters. The Balaban J connectivity index is 2.00. The van der Waals surface area contributed by atoms with Crippen LogP contribution in [0.25, 0.3) is 10.4 Å². The zero-order valence-electron chi connectivity index (χ0n) is 14.1. The molecular weight excluding hydrogens is 356 g/mol. The van der Waals surface area contributed by atoms with Crippen LogP contribution in [0, 0.1) is 17.3 Å². The van der Waals surface area contributed by atoms with E-state index in [1.54, 1.807) is 26.4 Å². The van der Waals surface area contributed by atoms with E-state index in [0.717, 1.165) is 20.9 Å². The highest BCUT2D eigenvalue weighted by Gasteiger charge is 2.40. The molecule has 1 atom stereocenters. The number of nitrogens with zero attached hydrogens (tertiary/aromatic N) is 2. The number of amides is 1. The fourth-order valence-electron chi connectivity index (χ4n) is 2.75. The molecule has 0 radical (unpaired) electrons. The molecule has 0 saturated carbocycles. The SMILES string of the molecule is CC#Cc1cncc(-c2cc(Cl)c(C3(C)CC(=O)N(C)C(=N)N3)s2)c1. The van der Waals surface area contributed by atoms with Gasteiger partial charge in [-0.05, 0) is 26.0 Å². The van der Waals surface area contributed by atoms with Crippen molar-refractivity contribution < 1.29 is 4.79 Å². The number of halogens is 1. The number of hydrogen-bond acceptors (Lipinski definition) is 4. The number of aromatic nitrogens is 1. The molecule has 0 aliphatic carbocycles. The second kappa shape index (κ2) is 6.51. The Bertz CT molecular complexity index is 907. The lowest BCUT2D eigenvalue weighted by Gasteiger charge is -2.38. The fraction of sp³-hybridized carbons (Fsp3) is 0.278. The summed E-state index contributed by atoms with van der Waals surface area (Å²) in [6.45, 7) is 3.68. The minimum absolute atomic E-state index is 0.0756. The van der Waals surface area contributed by atoms with Gasteiger partial charge in [0.1, 0.15) is 0 Å². The van der Waals surface area contributed by atoms with Gasteiger partial charge in [0.25, 0.3) is 0 Å². The van der Waals surface area contributed by atoms with Gasteiger partial charge in [0.2, 0.25) is 5.91 Å². The Hall–Kier alpha value is -2.36. The van der Waals surface area contributed by atoms with Crippen LogP contribution in [-0.4, -0.2) is 28.8 Å². The predicted molar refractivity (Wildman–Crippen MR) is 101 cm³/mol. The summed E-state index contributed by atoms with van der Waals surface area (Å²) in [5.74, 6) is 5.82. The van der Waals surface area contributed by atoms with Crippen molar-refractivity contribution in [2.24, 2.45) is 0 Å². The number of nitrogens with one attached hydrogen (secondary N) is 2. The first-order chi connectivity index (χ1) is 11.8. The fourth-order valence-corrected chi connectivity index (χ4v) is 4.38. The Labute approximate surface area is 155 Å². The molecule has 1 fully saturated rings. The number of pyridine rings is 1. The van der Waals surface area contributed by atoms with Gasteiger partial charge in [-0.15, -0.1) is 17.3 Å². The van der Waals surface area contributed by atoms with Gasteiger partial charge in [0.15, 0.2) is 5.96 Å². The number of thiophene rings is 1. The third-order valence-electron chi connectivity index (χ3n) is 4.09. The normalized spacial score (nSPS) is 20.1. The highest BCUT2D eigenvalue weighted by Crippen LogP contribution is 2.42. The highest BCUT2D eigenvalue weighted by molar-refractivity contribution is 7.16. The van der Waals surface area contributed by atoms with Crippen molar-refractivity contribution in [1.29, 1.82) is 5.41 Å². The van der Waals surface area contributed by atoms with E-state index < -0.39 is 5.54 Å². The van der Waals surface area contributed by atoms with Crippen LogP contribution < -0.4 is 5.32 Å². The predicted octanol–water partition coefficient (Wildman–Crippen LogP) is 3.44. The quantitative estimate of drug-likeness (QED) is 0.793. The van der Waals surface area contributed by atoms with Crippen LogP contribution in [0.5, 0.6) is 0 Å². The Kier molecular flexibility index (Phi) is 4.55. The van der Waals surface area contributed by atoms with Crippen molar-refractivity contribution in [2.75, 3.05) is 7.05 Å². The van der Waals surface area contributed by atoms with Gasteiger partial charge in [-0.1, -0.05) is 17.5 Å². The average Bonchev–Trinajstić information content (AvgIpc) is 2.96. The van der Waals surface area contributed by atoms with Gasteiger partial charge < -0.3 is 5.32 Å². The van der Waals surface area contributed by atoms with Crippen molar-refractivity contribution in [1.82, 2.24) is 15.2 Å². The molecule has 1 amide bonds. The minimum Gasteiger partial charge on any atom is -0.345 e. The highest BCUT2D eigenvalue weighted by atomic mass is 35.5. The van der Waals surface area contributed by atoms with E-state index in [1.165, 1.54) is 16.2 Å². The molecule has 1 aliphatic heterocycles. The zero-order chi connectivity index (χ0) is 18.2. The second-order valence-corrected chi connectivity index (χ2v) is 7.52. The topological polar surface area (TPSA) is 69.1 Å². The van der Waals surface area contributed by atoms with Gasteiger partial charge >= 0.3 is 0 Å². The maximum atomic E-state index is 12.2. The molecule has 7 heteroatoms. The van der Waals surface area contributed by atoms with Gasteiger partial charge in [-0.3, -0.25) is 20.1 Å². The van der Waals surface area contributed by atoms with Crippen LogP contribution in [0.2, 0.25) is 5.02 Å². The molecule has 128 valence electrons. The monoisotopic (exact) mass is 372 g/mol. The summed E-state index contributed by atoms with van der Waals surface area (Å²) in [5, 5.41) is 11.7. The number of carbonyl (C=O) groups is 1.